The molecule has 1 atom stereocenters. The van der Waals surface area contributed by atoms with Gasteiger partial charge in [0.05, 0.1) is 6.04 Å². The van der Waals surface area contributed by atoms with E-state index >= 15 is 0 Å². The van der Waals surface area contributed by atoms with Crippen LogP contribution in [-0.4, -0.2) is 17.5 Å². The molecule has 0 bridgehead atoms. The van der Waals surface area contributed by atoms with E-state index in [0.717, 1.165) is 22.6 Å². The molecule has 1 N–H and O–H groups in total. The normalized spacial score (nSPS) is 19.0. The first kappa shape index (κ1) is 11.7. The highest BCUT2D eigenvalue weighted by Gasteiger charge is 2.22. The molecular weight excluding hydrogens is 249 g/mol. The maximum atomic E-state index is 13.1. The molecule has 1 aromatic carbocycles. The van der Waals surface area contributed by atoms with Gasteiger partial charge in [0.15, 0.2) is 0 Å². The third-order valence-corrected chi connectivity index (χ3v) is 3.83. The van der Waals surface area contributed by atoms with Crippen LogP contribution in [0.25, 0.3) is 0 Å². The molecule has 0 radical (unpaired) electrons. The summed E-state index contributed by atoms with van der Waals surface area (Å²) in [5.74, 6) is 0.375. The molecule has 2 nitrogen and oxygen atoms in total. The van der Waals surface area contributed by atoms with Crippen LogP contribution in [0.4, 0.5) is 4.39 Å². The third-order valence-electron chi connectivity index (χ3n) is 2.47. The average Bonchev–Trinajstić information content (AvgIpc) is 2.29. The quantitative estimate of drug-likeness (QED) is 0.828. The molecule has 0 aliphatic carbocycles. The van der Waals surface area contributed by atoms with Crippen LogP contribution in [0.2, 0.25) is 0 Å². The Labute approximate surface area is 103 Å². The van der Waals surface area contributed by atoms with Crippen molar-refractivity contribution in [2.75, 3.05) is 11.6 Å². The Morgan fingerprint density at radius 1 is 1.62 bits per heavy atom. The van der Waals surface area contributed by atoms with Crippen molar-refractivity contribution in [3.63, 3.8) is 0 Å². The lowest BCUT2D eigenvalue weighted by Crippen LogP contribution is -2.31. The van der Waals surface area contributed by atoms with Gasteiger partial charge < -0.3 is 5.32 Å². The summed E-state index contributed by atoms with van der Waals surface area (Å²) in [5, 5.41) is 2.80. The molecule has 5 heteroatoms. The lowest BCUT2D eigenvalue weighted by molar-refractivity contribution is -0.119. The number of carbonyl (C=O) groups excluding carboxylic acids is 1. The highest BCUT2D eigenvalue weighted by atomic mass is 35.5. The van der Waals surface area contributed by atoms with Crippen LogP contribution in [-0.2, 0) is 4.79 Å². The number of halogens is 2. The van der Waals surface area contributed by atoms with Gasteiger partial charge in [0.2, 0.25) is 5.91 Å². The summed E-state index contributed by atoms with van der Waals surface area (Å²) in [7, 11) is 0. The van der Waals surface area contributed by atoms with Crippen LogP contribution >= 0.6 is 23.4 Å². The number of carbonyl (C=O) groups is 1. The van der Waals surface area contributed by atoms with E-state index in [-0.39, 0.29) is 23.6 Å². The zero-order valence-corrected chi connectivity index (χ0v) is 10.1. The molecule has 1 aromatic rings. The standard InChI is InChI=1S/C11H11ClFNOS/c12-6-11(15)14-9-3-4-16-10-2-1-7(13)5-8(9)10/h1-2,5,9H,3-4,6H2,(H,14,15). The molecule has 86 valence electrons. The number of benzene rings is 1. The van der Waals surface area contributed by atoms with Crippen molar-refractivity contribution in [1.29, 1.82) is 0 Å². The first-order valence-electron chi connectivity index (χ1n) is 4.98. The van der Waals surface area contributed by atoms with E-state index in [9.17, 15) is 9.18 Å². The van der Waals surface area contributed by atoms with Crippen molar-refractivity contribution >= 4 is 29.3 Å². The van der Waals surface area contributed by atoms with E-state index in [1.807, 2.05) is 0 Å². The molecule has 16 heavy (non-hydrogen) atoms. The smallest absolute Gasteiger partial charge is 0.235 e. The van der Waals surface area contributed by atoms with Crippen LogP contribution in [0, 0.1) is 5.82 Å². The van der Waals surface area contributed by atoms with E-state index in [0.29, 0.717) is 0 Å². The third kappa shape index (κ3) is 2.50. The summed E-state index contributed by atoms with van der Waals surface area (Å²) in [4.78, 5) is 12.3. The second kappa shape index (κ2) is 5.06. The number of fused-ring (bicyclic) bond motifs is 1. The van der Waals surface area contributed by atoms with Crippen LogP contribution in [0.15, 0.2) is 23.1 Å². The zero-order valence-electron chi connectivity index (χ0n) is 8.50. The average molecular weight is 260 g/mol. The van der Waals surface area contributed by atoms with E-state index in [1.54, 1.807) is 17.8 Å². The topological polar surface area (TPSA) is 29.1 Å². The van der Waals surface area contributed by atoms with Gasteiger partial charge in [0.25, 0.3) is 0 Å². The summed E-state index contributed by atoms with van der Waals surface area (Å²) in [6, 6.07) is 4.57. The summed E-state index contributed by atoms with van der Waals surface area (Å²) < 4.78 is 13.1. The summed E-state index contributed by atoms with van der Waals surface area (Å²) in [6.45, 7) is 0. The molecule has 1 aliphatic heterocycles. The van der Waals surface area contributed by atoms with Crippen molar-refractivity contribution in [2.24, 2.45) is 0 Å². The van der Waals surface area contributed by atoms with E-state index in [4.69, 9.17) is 11.6 Å². The van der Waals surface area contributed by atoms with Crippen molar-refractivity contribution in [1.82, 2.24) is 5.32 Å². The molecule has 1 aliphatic rings. The lowest BCUT2D eigenvalue weighted by atomic mass is 10.0. The van der Waals surface area contributed by atoms with Gasteiger partial charge in [-0.15, -0.1) is 23.4 Å². The Balaban J connectivity index is 2.24. The predicted molar refractivity (Wildman–Crippen MR) is 63.3 cm³/mol. The molecule has 1 amide bonds. The Morgan fingerprint density at radius 2 is 2.44 bits per heavy atom. The SMILES string of the molecule is O=C(CCl)NC1CCSc2ccc(F)cc21. The summed E-state index contributed by atoms with van der Waals surface area (Å²) >= 11 is 7.12. The fourth-order valence-corrected chi connectivity index (χ4v) is 2.93. The molecule has 2 rings (SSSR count). The molecule has 0 spiro atoms. The van der Waals surface area contributed by atoms with Gasteiger partial charge in [-0.2, -0.15) is 0 Å². The largest absolute Gasteiger partial charge is 0.348 e. The molecule has 1 unspecified atom stereocenters. The maximum Gasteiger partial charge on any atom is 0.235 e. The molecular formula is C11H11ClFNOS. The van der Waals surface area contributed by atoms with Crippen LogP contribution < -0.4 is 5.32 Å². The molecule has 1 heterocycles. The molecule has 0 fully saturated rings. The van der Waals surface area contributed by atoms with E-state index in [1.165, 1.54) is 12.1 Å². The van der Waals surface area contributed by atoms with E-state index < -0.39 is 0 Å². The number of rotatable bonds is 2. The number of hydrogen-bond donors (Lipinski definition) is 1. The Hall–Kier alpha value is -0.740. The molecule has 0 saturated carbocycles. The van der Waals surface area contributed by atoms with Gasteiger partial charge in [0, 0.05) is 10.6 Å². The highest BCUT2D eigenvalue weighted by molar-refractivity contribution is 7.99. The Bertz CT molecular complexity index is 413. The second-order valence-electron chi connectivity index (χ2n) is 3.57. The van der Waals surface area contributed by atoms with Gasteiger partial charge in [0.1, 0.15) is 11.7 Å². The number of nitrogens with one attached hydrogen (secondary N) is 1. The maximum absolute atomic E-state index is 13.1. The fourth-order valence-electron chi connectivity index (χ4n) is 1.75. The minimum Gasteiger partial charge on any atom is -0.348 e. The van der Waals surface area contributed by atoms with Gasteiger partial charge >= 0.3 is 0 Å². The first-order valence-corrected chi connectivity index (χ1v) is 6.50. The zero-order chi connectivity index (χ0) is 11.5. The lowest BCUT2D eigenvalue weighted by Gasteiger charge is -2.25. The Kier molecular flexibility index (Phi) is 3.71. The van der Waals surface area contributed by atoms with Crippen LogP contribution in [0.1, 0.15) is 18.0 Å². The van der Waals surface area contributed by atoms with Crippen molar-refractivity contribution in [3.05, 3.63) is 29.6 Å². The van der Waals surface area contributed by atoms with Crippen LogP contribution in [0.3, 0.4) is 0 Å². The van der Waals surface area contributed by atoms with Crippen molar-refractivity contribution in [2.45, 2.75) is 17.4 Å². The predicted octanol–water partition coefficient (Wildman–Crippen LogP) is 2.72. The number of amides is 1. The van der Waals surface area contributed by atoms with Crippen LogP contribution in [0.5, 0.6) is 0 Å². The van der Waals surface area contributed by atoms with Crippen molar-refractivity contribution < 1.29 is 9.18 Å². The number of thioether (sulfide) groups is 1. The van der Waals surface area contributed by atoms with Gasteiger partial charge in [-0.3, -0.25) is 4.79 Å². The fraction of sp³-hybridized carbons (Fsp3) is 0.364. The monoisotopic (exact) mass is 259 g/mol. The first-order chi connectivity index (χ1) is 7.70. The molecule has 0 aromatic heterocycles. The van der Waals surface area contributed by atoms with Gasteiger partial charge in [-0.05, 0) is 30.2 Å². The molecule has 0 saturated heterocycles. The highest BCUT2D eigenvalue weighted by Crippen LogP contribution is 2.36. The minimum absolute atomic E-state index is 0.0612. The minimum atomic E-state index is -0.272. The number of hydrogen-bond acceptors (Lipinski definition) is 2. The van der Waals surface area contributed by atoms with E-state index in [2.05, 4.69) is 5.32 Å². The van der Waals surface area contributed by atoms with Crippen molar-refractivity contribution in [3.8, 4) is 0 Å². The van der Waals surface area contributed by atoms with Gasteiger partial charge in [-0.25, -0.2) is 4.39 Å². The van der Waals surface area contributed by atoms with Gasteiger partial charge in [-0.1, -0.05) is 0 Å². The summed E-state index contributed by atoms with van der Waals surface area (Å²) in [5.41, 5.74) is 0.856. The Morgan fingerprint density at radius 3 is 3.19 bits per heavy atom. The summed E-state index contributed by atoms with van der Waals surface area (Å²) in [6.07, 6.45) is 0.809. The second-order valence-corrected chi connectivity index (χ2v) is 4.98. The number of alkyl halides is 1.